The van der Waals surface area contributed by atoms with Crippen LogP contribution < -0.4 is 0 Å². The molecule has 1 aliphatic carbocycles. The Morgan fingerprint density at radius 3 is 3.00 bits per heavy atom. The second-order valence-corrected chi connectivity index (χ2v) is 7.49. The second kappa shape index (κ2) is 6.52. The molecule has 0 atom stereocenters. The second-order valence-electron chi connectivity index (χ2n) is 6.58. The summed E-state index contributed by atoms with van der Waals surface area (Å²) in [5, 5.41) is 6.69. The Balaban J connectivity index is 1.63. The maximum absolute atomic E-state index is 13.1. The monoisotopic (exact) mass is 355 g/mol. The van der Waals surface area contributed by atoms with E-state index in [1.807, 2.05) is 47.1 Å². The van der Waals surface area contributed by atoms with Gasteiger partial charge in [0.25, 0.3) is 5.91 Å². The van der Waals surface area contributed by atoms with Gasteiger partial charge in [-0.3, -0.25) is 9.48 Å². The van der Waals surface area contributed by atoms with Gasteiger partial charge in [-0.15, -0.1) is 11.3 Å². The molecule has 3 aromatic rings. The lowest BCUT2D eigenvalue weighted by Gasteiger charge is -2.20. The maximum atomic E-state index is 13.1. The number of amides is 1. The van der Waals surface area contributed by atoms with E-state index in [1.54, 1.807) is 6.26 Å². The maximum Gasteiger partial charge on any atom is 0.264 e. The molecule has 0 aromatic carbocycles. The van der Waals surface area contributed by atoms with Crippen molar-refractivity contribution < 1.29 is 9.21 Å². The number of nitrogens with zero attached hydrogens (tertiary/aromatic N) is 3. The van der Waals surface area contributed by atoms with Crippen LogP contribution in [0, 0.1) is 6.92 Å². The standard InChI is InChI=1S/C19H21N3O2S/c1-13-9-18(25-12-13)19(23)22(10-14-5-4-8-24-14)11-16-15-6-3-7-17(15)21(2)20-16/h4-5,8-9,12H,3,6-7,10-11H2,1-2H3. The van der Waals surface area contributed by atoms with Gasteiger partial charge in [-0.2, -0.15) is 5.10 Å². The number of thiophene rings is 1. The van der Waals surface area contributed by atoms with Gasteiger partial charge in [0.2, 0.25) is 0 Å². The number of rotatable bonds is 5. The Morgan fingerprint density at radius 1 is 1.40 bits per heavy atom. The van der Waals surface area contributed by atoms with Gasteiger partial charge < -0.3 is 9.32 Å². The summed E-state index contributed by atoms with van der Waals surface area (Å²) in [5.41, 5.74) is 4.77. The van der Waals surface area contributed by atoms with E-state index in [0.717, 1.165) is 34.7 Å². The molecule has 5 nitrogen and oxygen atoms in total. The van der Waals surface area contributed by atoms with Gasteiger partial charge in [0, 0.05) is 12.7 Å². The molecule has 130 valence electrons. The predicted octanol–water partition coefficient (Wildman–Crippen LogP) is 3.71. The number of fused-ring (bicyclic) bond motifs is 1. The molecule has 25 heavy (non-hydrogen) atoms. The topological polar surface area (TPSA) is 51.3 Å². The molecule has 0 unspecified atom stereocenters. The van der Waals surface area contributed by atoms with E-state index in [-0.39, 0.29) is 5.91 Å². The minimum absolute atomic E-state index is 0.0342. The van der Waals surface area contributed by atoms with Crippen LogP contribution >= 0.6 is 11.3 Å². The highest BCUT2D eigenvalue weighted by atomic mass is 32.1. The van der Waals surface area contributed by atoms with Crippen molar-refractivity contribution in [3.63, 3.8) is 0 Å². The molecular weight excluding hydrogens is 334 g/mol. The van der Waals surface area contributed by atoms with Gasteiger partial charge in [0.05, 0.1) is 29.9 Å². The zero-order valence-corrected chi connectivity index (χ0v) is 15.3. The summed E-state index contributed by atoms with van der Waals surface area (Å²) in [5.74, 6) is 0.820. The molecule has 1 amide bonds. The van der Waals surface area contributed by atoms with Gasteiger partial charge in [-0.05, 0) is 60.9 Å². The van der Waals surface area contributed by atoms with Crippen LogP contribution in [0.15, 0.2) is 34.3 Å². The molecule has 0 spiro atoms. The molecule has 0 bridgehead atoms. The first-order valence-electron chi connectivity index (χ1n) is 8.52. The fourth-order valence-electron chi connectivity index (χ4n) is 3.49. The third kappa shape index (κ3) is 3.14. The van der Waals surface area contributed by atoms with Gasteiger partial charge in [-0.25, -0.2) is 0 Å². The minimum atomic E-state index is 0.0342. The molecule has 1 aliphatic rings. The van der Waals surface area contributed by atoms with Gasteiger partial charge in [0.1, 0.15) is 5.76 Å². The summed E-state index contributed by atoms with van der Waals surface area (Å²) >= 11 is 1.49. The number of aromatic nitrogens is 2. The third-order valence-electron chi connectivity index (χ3n) is 4.69. The normalized spacial score (nSPS) is 13.2. The molecule has 0 radical (unpaired) electrons. The van der Waals surface area contributed by atoms with Crippen molar-refractivity contribution in [3.8, 4) is 0 Å². The predicted molar refractivity (Wildman–Crippen MR) is 96.6 cm³/mol. The van der Waals surface area contributed by atoms with Crippen LogP contribution in [0.25, 0.3) is 0 Å². The Kier molecular flexibility index (Phi) is 4.21. The molecule has 3 aromatic heterocycles. The van der Waals surface area contributed by atoms with Crippen LogP contribution in [-0.4, -0.2) is 20.6 Å². The summed E-state index contributed by atoms with van der Waals surface area (Å²) in [6.07, 6.45) is 4.95. The zero-order valence-electron chi connectivity index (χ0n) is 14.5. The molecule has 0 N–H and O–H groups in total. The van der Waals surface area contributed by atoms with E-state index in [4.69, 9.17) is 4.42 Å². The SMILES string of the molecule is Cc1csc(C(=O)N(Cc2ccco2)Cc2nn(C)c3c2CCC3)c1. The molecule has 4 rings (SSSR count). The first-order chi connectivity index (χ1) is 12.1. The summed E-state index contributed by atoms with van der Waals surface area (Å²) in [6, 6.07) is 5.71. The average Bonchev–Trinajstić information content (AvgIpc) is 3.35. The molecule has 0 saturated heterocycles. The molecular formula is C19H21N3O2S. The Bertz CT molecular complexity index is 892. The van der Waals surface area contributed by atoms with Gasteiger partial charge >= 0.3 is 0 Å². The largest absolute Gasteiger partial charge is 0.467 e. The van der Waals surface area contributed by atoms with Crippen molar-refractivity contribution in [2.75, 3.05) is 0 Å². The summed E-state index contributed by atoms with van der Waals surface area (Å²) < 4.78 is 7.45. The third-order valence-corrected chi connectivity index (χ3v) is 5.73. The quantitative estimate of drug-likeness (QED) is 0.701. The van der Waals surface area contributed by atoms with E-state index < -0.39 is 0 Å². The highest BCUT2D eigenvalue weighted by Gasteiger charge is 2.25. The van der Waals surface area contributed by atoms with Crippen molar-refractivity contribution in [1.82, 2.24) is 14.7 Å². The fraction of sp³-hybridized carbons (Fsp3) is 0.368. The molecule has 3 heterocycles. The number of furan rings is 1. The minimum Gasteiger partial charge on any atom is -0.467 e. The van der Waals surface area contributed by atoms with Crippen molar-refractivity contribution in [3.05, 3.63) is 63.0 Å². The zero-order chi connectivity index (χ0) is 17.4. The fourth-order valence-corrected chi connectivity index (χ4v) is 4.36. The lowest BCUT2D eigenvalue weighted by Crippen LogP contribution is -2.30. The van der Waals surface area contributed by atoms with Crippen molar-refractivity contribution in [2.45, 2.75) is 39.3 Å². The van der Waals surface area contributed by atoms with E-state index in [0.29, 0.717) is 13.1 Å². The highest BCUT2D eigenvalue weighted by Crippen LogP contribution is 2.27. The van der Waals surface area contributed by atoms with Gasteiger partial charge in [0.15, 0.2) is 0 Å². The highest BCUT2D eigenvalue weighted by molar-refractivity contribution is 7.12. The first kappa shape index (κ1) is 16.1. The Labute approximate surface area is 150 Å². The number of hydrogen-bond donors (Lipinski definition) is 0. The van der Waals surface area contributed by atoms with Crippen LogP contribution in [0.1, 0.15) is 44.4 Å². The number of carbonyl (C=O) groups excluding carboxylic acids is 1. The lowest BCUT2D eigenvalue weighted by molar-refractivity contribution is 0.0719. The van der Waals surface area contributed by atoms with Crippen LogP contribution in [0.3, 0.4) is 0 Å². The van der Waals surface area contributed by atoms with E-state index in [1.165, 1.54) is 29.0 Å². The van der Waals surface area contributed by atoms with Crippen LogP contribution in [0.5, 0.6) is 0 Å². The van der Waals surface area contributed by atoms with Crippen molar-refractivity contribution in [1.29, 1.82) is 0 Å². The average molecular weight is 355 g/mol. The summed E-state index contributed by atoms with van der Waals surface area (Å²) in [6.45, 7) is 2.98. The molecule has 0 saturated carbocycles. The van der Waals surface area contributed by atoms with Crippen LogP contribution in [-0.2, 0) is 33.0 Å². The van der Waals surface area contributed by atoms with Crippen LogP contribution in [0.4, 0.5) is 0 Å². The number of carbonyl (C=O) groups is 1. The first-order valence-corrected chi connectivity index (χ1v) is 9.40. The lowest BCUT2D eigenvalue weighted by atomic mass is 10.2. The number of hydrogen-bond acceptors (Lipinski definition) is 4. The van der Waals surface area contributed by atoms with E-state index in [2.05, 4.69) is 5.10 Å². The van der Waals surface area contributed by atoms with E-state index >= 15 is 0 Å². The summed E-state index contributed by atoms with van der Waals surface area (Å²) in [7, 11) is 2.00. The van der Waals surface area contributed by atoms with Crippen LogP contribution in [0.2, 0.25) is 0 Å². The smallest absolute Gasteiger partial charge is 0.264 e. The van der Waals surface area contributed by atoms with E-state index in [9.17, 15) is 4.79 Å². The van der Waals surface area contributed by atoms with Crippen molar-refractivity contribution >= 4 is 17.2 Å². The summed E-state index contributed by atoms with van der Waals surface area (Å²) in [4.78, 5) is 15.7. The van der Waals surface area contributed by atoms with Gasteiger partial charge in [-0.1, -0.05) is 0 Å². The molecule has 0 aliphatic heterocycles. The van der Waals surface area contributed by atoms with Crippen molar-refractivity contribution in [2.24, 2.45) is 7.05 Å². The Morgan fingerprint density at radius 2 is 2.28 bits per heavy atom. The molecule has 0 fully saturated rings. The molecule has 6 heteroatoms. The number of aryl methyl sites for hydroxylation is 2. The Hall–Kier alpha value is -2.34.